The Kier molecular flexibility index (Phi) is 4.73. The molecule has 142 valence electrons. The summed E-state index contributed by atoms with van der Waals surface area (Å²) in [5, 5.41) is 9.27. The fourth-order valence-electron chi connectivity index (χ4n) is 2.66. The van der Waals surface area contributed by atoms with Gasteiger partial charge in [0.25, 0.3) is 5.56 Å². The minimum Gasteiger partial charge on any atom is -0.322 e. The first kappa shape index (κ1) is 18.4. The average molecular weight is 418 g/mol. The highest BCUT2D eigenvalue weighted by molar-refractivity contribution is 7.20. The Balaban J connectivity index is 1.71. The number of fused-ring (bicyclic) bond motifs is 1. The number of aromatic nitrogens is 3. The molecule has 0 saturated heterocycles. The lowest BCUT2D eigenvalue weighted by Crippen LogP contribution is -2.30. The van der Waals surface area contributed by atoms with Crippen molar-refractivity contribution in [2.45, 2.75) is 13.5 Å². The van der Waals surface area contributed by atoms with Crippen LogP contribution in [-0.2, 0) is 11.3 Å². The highest BCUT2D eigenvalue weighted by Crippen LogP contribution is 2.31. The first-order valence-corrected chi connectivity index (χ1v) is 9.79. The van der Waals surface area contributed by atoms with Crippen molar-refractivity contribution in [3.8, 4) is 10.6 Å². The molecule has 0 aliphatic carbocycles. The van der Waals surface area contributed by atoms with E-state index in [4.69, 9.17) is 0 Å². The molecule has 28 heavy (non-hydrogen) atoms. The van der Waals surface area contributed by atoms with Gasteiger partial charge in [-0.2, -0.15) is 5.10 Å². The van der Waals surface area contributed by atoms with Crippen molar-refractivity contribution in [3.05, 3.63) is 62.7 Å². The number of benzene rings is 1. The van der Waals surface area contributed by atoms with E-state index < -0.39 is 29.6 Å². The number of thiophene rings is 1. The number of thiazole rings is 1. The monoisotopic (exact) mass is 418 g/mol. The number of hydrogen-bond donors (Lipinski definition) is 1. The number of nitrogens with zero attached hydrogens (tertiary/aromatic N) is 3. The van der Waals surface area contributed by atoms with Crippen LogP contribution >= 0.6 is 22.7 Å². The molecule has 0 saturated carbocycles. The molecule has 0 radical (unpaired) electrons. The number of amides is 1. The Morgan fingerprint density at radius 2 is 2.11 bits per heavy atom. The van der Waals surface area contributed by atoms with Crippen LogP contribution in [0.15, 0.2) is 40.5 Å². The van der Waals surface area contributed by atoms with Gasteiger partial charge in [-0.1, -0.05) is 6.07 Å². The zero-order valence-corrected chi connectivity index (χ0v) is 16.0. The van der Waals surface area contributed by atoms with Gasteiger partial charge in [-0.15, -0.1) is 22.7 Å². The molecular weight excluding hydrogens is 406 g/mol. The predicted molar refractivity (Wildman–Crippen MR) is 105 cm³/mol. The molecule has 4 rings (SSSR count). The van der Waals surface area contributed by atoms with E-state index in [9.17, 15) is 18.4 Å². The number of carbonyl (C=O) groups is 1. The standard InChI is InChI=1S/C18H12F2N4O2S2/c1-9-21-16-17(28-9)15(13-3-2-6-27-13)23-24(18(16)26)8-14(25)22-12-5-4-10(19)7-11(12)20/h2-7H,8H2,1H3,(H,22,25). The number of rotatable bonds is 4. The lowest BCUT2D eigenvalue weighted by Gasteiger charge is -2.09. The minimum atomic E-state index is -0.904. The zero-order chi connectivity index (χ0) is 19.8. The van der Waals surface area contributed by atoms with Gasteiger partial charge < -0.3 is 5.32 Å². The Bertz CT molecular complexity index is 1250. The molecule has 0 spiro atoms. The molecule has 0 unspecified atom stereocenters. The molecule has 1 amide bonds. The van der Waals surface area contributed by atoms with Gasteiger partial charge in [0.15, 0.2) is 5.52 Å². The lowest BCUT2D eigenvalue weighted by atomic mass is 10.3. The third kappa shape index (κ3) is 3.43. The summed E-state index contributed by atoms with van der Waals surface area (Å²) in [7, 11) is 0. The molecule has 1 N–H and O–H groups in total. The average Bonchev–Trinajstić information content (AvgIpc) is 3.29. The molecular formula is C18H12F2N4O2S2. The number of carbonyl (C=O) groups excluding carboxylic acids is 1. The Morgan fingerprint density at radius 3 is 2.82 bits per heavy atom. The van der Waals surface area contributed by atoms with E-state index in [2.05, 4.69) is 15.4 Å². The van der Waals surface area contributed by atoms with Crippen LogP contribution < -0.4 is 10.9 Å². The fraction of sp³-hybridized carbons (Fsp3) is 0.111. The van der Waals surface area contributed by atoms with Gasteiger partial charge in [0.1, 0.15) is 23.9 Å². The van der Waals surface area contributed by atoms with Gasteiger partial charge in [-0.05, 0) is 30.5 Å². The molecule has 0 atom stereocenters. The van der Waals surface area contributed by atoms with Crippen molar-refractivity contribution in [3.63, 3.8) is 0 Å². The summed E-state index contributed by atoms with van der Waals surface area (Å²) in [5.41, 5.74) is 0.121. The van der Waals surface area contributed by atoms with E-state index >= 15 is 0 Å². The molecule has 0 fully saturated rings. The van der Waals surface area contributed by atoms with Crippen LogP contribution in [0.25, 0.3) is 20.8 Å². The van der Waals surface area contributed by atoms with Gasteiger partial charge in [0, 0.05) is 6.07 Å². The van der Waals surface area contributed by atoms with Crippen LogP contribution in [0, 0.1) is 18.6 Å². The van der Waals surface area contributed by atoms with Crippen LogP contribution in [-0.4, -0.2) is 20.7 Å². The van der Waals surface area contributed by atoms with Crippen LogP contribution in [0.3, 0.4) is 0 Å². The van der Waals surface area contributed by atoms with Crippen molar-refractivity contribution in [1.29, 1.82) is 0 Å². The summed E-state index contributed by atoms with van der Waals surface area (Å²) in [4.78, 5) is 30.1. The summed E-state index contributed by atoms with van der Waals surface area (Å²) in [6.07, 6.45) is 0. The topological polar surface area (TPSA) is 76.9 Å². The van der Waals surface area contributed by atoms with E-state index in [0.29, 0.717) is 21.5 Å². The van der Waals surface area contributed by atoms with Crippen LogP contribution in [0.4, 0.5) is 14.5 Å². The maximum absolute atomic E-state index is 13.7. The SMILES string of the molecule is Cc1nc2c(=O)n(CC(=O)Nc3ccc(F)cc3F)nc(-c3cccs3)c2s1. The van der Waals surface area contributed by atoms with Crippen LogP contribution in [0.1, 0.15) is 5.01 Å². The maximum atomic E-state index is 13.7. The third-order valence-corrected chi connectivity index (χ3v) is 5.71. The van der Waals surface area contributed by atoms with Crippen molar-refractivity contribution in [1.82, 2.24) is 14.8 Å². The zero-order valence-electron chi connectivity index (χ0n) is 14.4. The van der Waals surface area contributed by atoms with Gasteiger partial charge in [-0.25, -0.2) is 18.4 Å². The largest absolute Gasteiger partial charge is 0.322 e. The highest BCUT2D eigenvalue weighted by Gasteiger charge is 2.18. The molecule has 1 aromatic carbocycles. The predicted octanol–water partition coefficient (Wildman–Crippen LogP) is 3.81. The first-order chi connectivity index (χ1) is 13.4. The molecule has 10 heteroatoms. The summed E-state index contributed by atoms with van der Waals surface area (Å²) in [5.74, 6) is -2.32. The number of nitrogens with one attached hydrogen (secondary N) is 1. The van der Waals surface area contributed by atoms with Gasteiger partial charge in [0.2, 0.25) is 5.91 Å². The quantitative estimate of drug-likeness (QED) is 0.547. The van der Waals surface area contributed by atoms with Crippen LogP contribution in [0.2, 0.25) is 0 Å². The second-order valence-electron chi connectivity index (χ2n) is 5.87. The first-order valence-electron chi connectivity index (χ1n) is 8.09. The Labute approximate surface area is 165 Å². The molecule has 3 heterocycles. The van der Waals surface area contributed by atoms with Crippen molar-refractivity contribution >= 4 is 44.5 Å². The molecule has 6 nitrogen and oxygen atoms in total. The van der Waals surface area contributed by atoms with E-state index in [-0.39, 0.29) is 11.2 Å². The third-order valence-electron chi connectivity index (χ3n) is 3.86. The maximum Gasteiger partial charge on any atom is 0.294 e. The van der Waals surface area contributed by atoms with Gasteiger partial charge in [-0.3, -0.25) is 9.59 Å². The summed E-state index contributed by atoms with van der Waals surface area (Å²) < 4.78 is 28.4. The Hall–Kier alpha value is -2.98. The summed E-state index contributed by atoms with van der Waals surface area (Å²) in [6, 6.07) is 6.54. The number of anilines is 1. The number of aryl methyl sites for hydroxylation is 1. The molecule has 3 aromatic heterocycles. The fourth-order valence-corrected chi connectivity index (χ4v) is 4.35. The van der Waals surface area contributed by atoms with E-state index in [1.165, 1.54) is 22.7 Å². The Morgan fingerprint density at radius 1 is 1.29 bits per heavy atom. The minimum absolute atomic E-state index is 0.177. The van der Waals surface area contributed by atoms with Gasteiger partial charge in [0.05, 0.1) is 20.3 Å². The smallest absolute Gasteiger partial charge is 0.294 e. The number of hydrogen-bond acceptors (Lipinski definition) is 6. The molecule has 0 bridgehead atoms. The number of halogens is 2. The van der Waals surface area contributed by atoms with Crippen molar-refractivity contribution in [2.24, 2.45) is 0 Å². The normalized spacial score (nSPS) is 11.1. The van der Waals surface area contributed by atoms with E-state index in [1.54, 1.807) is 6.92 Å². The molecule has 0 aliphatic rings. The van der Waals surface area contributed by atoms with Gasteiger partial charge >= 0.3 is 0 Å². The summed E-state index contributed by atoms with van der Waals surface area (Å²) in [6.45, 7) is 1.36. The second-order valence-corrected chi connectivity index (χ2v) is 8.02. The molecule has 4 aromatic rings. The second kappa shape index (κ2) is 7.21. The lowest BCUT2D eigenvalue weighted by molar-refractivity contribution is -0.117. The highest BCUT2D eigenvalue weighted by atomic mass is 32.1. The van der Waals surface area contributed by atoms with E-state index in [1.807, 2.05) is 17.5 Å². The van der Waals surface area contributed by atoms with Crippen LogP contribution in [0.5, 0.6) is 0 Å². The van der Waals surface area contributed by atoms with Crippen molar-refractivity contribution in [2.75, 3.05) is 5.32 Å². The summed E-state index contributed by atoms with van der Waals surface area (Å²) >= 11 is 2.81. The molecule has 0 aliphatic heterocycles. The van der Waals surface area contributed by atoms with Crippen molar-refractivity contribution < 1.29 is 13.6 Å². The van der Waals surface area contributed by atoms with E-state index in [0.717, 1.165) is 21.7 Å².